The molecule has 0 aliphatic rings. The van der Waals surface area contributed by atoms with Crippen molar-refractivity contribution in [3.05, 3.63) is 62.4 Å². The van der Waals surface area contributed by atoms with E-state index in [9.17, 15) is 14.5 Å². The van der Waals surface area contributed by atoms with E-state index in [0.29, 0.717) is 16.1 Å². The molecule has 0 aliphatic heterocycles. The highest BCUT2D eigenvalue weighted by Crippen LogP contribution is 2.35. The van der Waals surface area contributed by atoms with Crippen molar-refractivity contribution in [2.45, 2.75) is 5.88 Å². The van der Waals surface area contributed by atoms with E-state index in [4.69, 9.17) is 16.3 Å². The van der Waals surface area contributed by atoms with Crippen molar-refractivity contribution in [2.24, 2.45) is 0 Å². The molecule has 0 heterocycles. The molecule has 0 saturated heterocycles. The lowest BCUT2D eigenvalue weighted by molar-refractivity contribution is -0.385. The third kappa shape index (κ3) is 3.26. The van der Waals surface area contributed by atoms with Crippen LogP contribution in [0.5, 0.6) is 11.5 Å². The van der Waals surface area contributed by atoms with Crippen molar-refractivity contribution in [1.29, 1.82) is 0 Å². The number of rotatable bonds is 4. The summed E-state index contributed by atoms with van der Waals surface area (Å²) in [5.41, 5.74) is 0.442. The maximum Gasteiger partial charge on any atom is 0.314 e. The number of ether oxygens (including phenoxy) is 1. The van der Waals surface area contributed by atoms with Gasteiger partial charge in [0, 0.05) is 5.88 Å². The van der Waals surface area contributed by atoms with Crippen molar-refractivity contribution in [2.75, 3.05) is 0 Å². The zero-order valence-corrected chi connectivity index (χ0v) is 12.3. The summed E-state index contributed by atoms with van der Waals surface area (Å²) in [4.78, 5) is 10.2. The standard InChI is InChI=1S/C13H8BrClFNO3/c14-10-5-8(7-15)1-3-12(10)20-13-4-2-9(16)6-11(13)17(18)19/h1-6H,7H2. The summed E-state index contributed by atoms with van der Waals surface area (Å²) >= 11 is 9.00. The van der Waals surface area contributed by atoms with Crippen LogP contribution in [0.15, 0.2) is 40.9 Å². The number of alkyl halides is 1. The molecule has 0 aromatic heterocycles. The van der Waals surface area contributed by atoms with E-state index in [2.05, 4.69) is 15.9 Å². The Bertz CT molecular complexity index is 666. The molecule has 0 spiro atoms. The van der Waals surface area contributed by atoms with Crippen molar-refractivity contribution in [1.82, 2.24) is 0 Å². The van der Waals surface area contributed by atoms with Gasteiger partial charge in [-0.25, -0.2) is 4.39 Å². The number of nitro benzene ring substituents is 1. The fourth-order valence-corrected chi connectivity index (χ4v) is 2.22. The van der Waals surface area contributed by atoms with Crippen LogP contribution in [0.4, 0.5) is 10.1 Å². The highest BCUT2D eigenvalue weighted by atomic mass is 79.9. The molecule has 0 amide bonds. The molecule has 2 aromatic rings. The minimum Gasteiger partial charge on any atom is -0.449 e. The summed E-state index contributed by atoms with van der Waals surface area (Å²) in [7, 11) is 0. The van der Waals surface area contributed by atoms with E-state index >= 15 is 0 Å². The Hall–Kier alpha value is -1.66. The van der Waals surface area contributed by atoms with Crippen LogP contribution >= 0.6 is 27.5 Å². The number of nitrogens with zero attached hydrogens (tertiary/aromatic N) is 1. The van der Waals surface area contributed by atoms with Crippen LogP contribution in [0.25, 0.3) is 0 Å². The van der Waals surface area contributed by atoms with E-state index < -0.39 is 16.4 Å². The summed E-state index contributed by atoms with van der Waals surface area (Å²) in [6, 6.07) is 8.25. The van der Waals surface area contributed by atoms with E-state index in [0.717, 1.165) is 17.7 Å². The average Bonchev–Trinajstić information content (AvgIpc) is 2.42. The second-order valence-electron chi connectivity index (χ2n) is 3.87. The van der Waals surface area contributed by atoms with Gasteiger partial charge < -0.3 is 4.74 Å². The number of nitro groups is 1. The smallest absolute Gasteiger partial charge is 0.314 e. The molecular weight excluding hydrogens is 353 g/mol. The quantitative estimate of drug-likeness (QED) is 0.436. The molecule has 0 saturated carbocycles. The maximum atomic E-state index is 13.0. The van der Waals surface area contributed by atoms with Crippen LogP contribution in [0.1, 0.15) is 5.56 Å². The highest BCUT2D eigenvalue weighted by Gasteiger charge is 2.17. The number of hydrogen-bond acceptors (Lipinski definition) is 3. The largest absolute Gasteiger partial charge is 0.449 e. The molecule has 0 N–H and O–H groups in total. The van der Waals surface area contributed by atoms with Gasteiger partial charge in [0.25, 0.3) is 0 Å². The predicted octanol–water partition coefficient (Wildman–Crippen LogP) is 5.03. The van der Waals surface area contributed by atoms with Crippen LogP contribution in [0.2, 0.25) is 0 Å². The fraction of sp³-hybridized carbons (Fsp3) is 0.0769. The Morgan fingerprint density at radius 2 is 1.95 bits per heavy atom. The summed E-state index contributed by atoms with van der Waals surface area (Å²) in [6.45, 7) is 0. The van der Waals surface area contributed by atoms with Crippen molar-refractivity contribution < 1.29 is 14.1 Å². The van der Waals surface area contributed by atoms with Gasteiger partial charge in [-0.05, 0) is 45.8 Å². The van der Waals surface area contributed by atoms with Gasteiger partial charge >= 0.3 is 5.69 Å². The van der Waals surface area contributed by atoms with Crippen LogP contribution < -0.4 is 4.74 Å². The van der Waals surface area contributed by atoms with Gasteiger partial charge in [0.2, 0.25) is 5.75 Å². The lowest BCUT2D eigenvalue weighted by atomic mass is 10.2. The number of halogens is 3. The third-order valence-corrected chi connectivity index (χ3v) is 3.42. The molecule has 4 nitrogen and oxygen atoms in total. The first-order chi connectivity index (χ1) is 9.51. The van der Waals surface area contributed by atoms with Gasteiger partial charge in [0.05, 0.1) is 15.5 Å². The van der Waals surface area contributed by atoms with Gasteiger partial charge in [0.15, 0.2) is 0 Å². The molecule has 0 unspecified atom stereocenters. The molecule has 0 bridgehead atoms. The summed E-state index contributed by atoms with van der Waals surface area (Å²) in [5, 5.41) is 10.9. The average molecular weight is 361 g/mol. The monoisotopic (exact) mass is 359 g/mol. The minimum absolute atomic E-state index is 0.0317. The molecular formula is C13H8BrClFNO3. The predicted molar refractivity (Wildman–Crippen MR) is 76.8 cm³/mol. The SMILES string of the molecule is O=[N+]([O-])c1cc(F)ccc1Oc1ccc(CCl)cc1Br. The summed E-state index contributed by atoms with van der Waals surface area (Å²) in [6.07, 6.45) is 0. The van der Waals surface area contributed by atoms with Crippen LogP contribution in [0, 0.1) is 15.9 Å². The summed E-state index contributed by atoms with van der Waals surface area (Å²) < 4.78 is 19.1. The Morgan fingerprint density at radius 1 is 1.25 bits per heavy atom. The van der Waals surface area contributed by atoms with E-state index in [-0.39, 0.29) is 5.75 Å². The first-order valence-corrected chi connectivity index (χ1v) is 6.80. The van der Waals surface area contributed by atoms with Crippen molar-refractivity contribution in [3.63, 3.8) is 0 Å². The van der Waals surface area contributed by atoms with Crippen molar-refractivity contribution in [3.8, 4) is 11.5 Å². The lowest BCUT2D eigenvalue weighted by Gasteiger charge is -2.09. The summed E-state index contributed by atoms with van der Waals surface area (Å²) in [5.74, 6) is 0.000150. The van der Waals surface area contributed by atoms with Gasteiger partial charge in [-0.2, -0.15) is 0 Å². The van der Waals surface area contributed by atoms with Gasteiger partial charge in [-0.3, -0.25) is 10.1 Å². The highest BCUT2D eigenvalue weighted by molar-refractivity contribution is 9.10. The molecule has 0 radical (unpaired) electrons. The van der Waals surface area contributed by atoms with Gasteiger partial charge in [0.1, 0.15) is 11.6 Å². The fourth-order valence-electron chi connectivity index (χ4n) is 1.55. The Balaban J connectivity index is 2.37. The first-order valence-electron chi connectivity index (χ1n) is 5.47. The Labute approximate surface area is 127 Å². The second kappa shape index (κ2) is 6.19. The minimum atomic E-state index is -0.695. The molecule has 2 rings (SSSR count). The first kappa shape index (κ1) is 14.7. The zero-order valence-electron chi connectivity index (χ0n) is 9.98. The topological polar surface area (TPSA) is 52.4 Å². The molecule has 0 aliphatic carbocycles. The number of benzene rings is 2. The van der Waals surface area contributed by atoms with E-state index in [1.54, 1.807) is 18.2 Å². The zero-order chi connectivity index (χ0) is 14.7. The van der Waals surface area contributed by atoms with E-state index in [1.165, 1.54) is 6.07 Å². The molecule has 20 heavy (non-hydrogen) atoms. The third-order valence-electron chi connectivity index (χ3n) is 2.49. The van der Waals surface area contributed by atoms with Crippen molar-refractivity contribution >= 4 is 33.2 Å². The van der Waals surface area contributed by atoms with Crippen LogP contribution in [-0.4, -0.2) is 4.92 Å². The molecule has 0 atom stereocenters. The number of hydrogen-bond donors (Lipinski definition) is 0. The normalized spacial score (nSPS) is 10.3. The Morgan fingerprint density at radius 3 is 2.55 bits per heavy atom. The second-order valence-corrected chi connectivity index (χ2v) is 4.99. The van der Waals surface area contributed by atoms with Gasteiger partial charge in [-0.1, -0.05) is 6.07 Å². The van der Waals surface area contributed by atoms with Crippen LogP contribution in [-0.2, 0) is 5.88 Å². The van der Waals surface area contributed by atoms with Gasteiger partial charge in [-0.15, -0.1) is 11.6 Å². The maximum absolute atomic E-state index is 13.0. The molecule has 7 heteroatoms. The molecule has 2 aromatic carbocycles. The molecule has 104 valence electrons. The molecule has 0 fully saturated rings. The van der Waals surface area contributed by atoms with Crippen LogP contribution in [0.3, 0.4) is 0 Å². The van der Waals surface area contributed by atoms with E-state index in [1.807, 2.05) is 0 Å². The lowest BCUT2D eigenvalue weighted by Crippen LogP contribution is -1.95. The Kier molecular flexibility index (Phi) is 4.57.